The van der Waals surface area contributed by atoms with Crippen LogP contribution in [-0.4, -0.2) is 20.7 Å². The number of amides is 1. The van der Waals surface area contributed by atoms with Crippen molar-refractivity contribution >= 4 is 49.2 Å². The number of anilines is 1. The lowest BCUT2D eigenvalue weighted by Crippen LogP contribution is -2.18. The highest BCUT2D eigenvalue weighted by molar-refractivity contribution is 9.10. The summed E-state index contributed by atoms with van der Waals surface area (Å²) in [7, 11) is 0. The summed E-state index contributed by atoms with van der Waals surface area (Å²) in [6, 6.07) is 7.97. The van der Waals surface area contributed by atoms with Crippen molar-refractivity contribution < 1.29 is 4.79 Å². The van der Waals surface area contributed by atoms with Gasteiger partial charge in [0.2, 0.25) is 11.0 Å². The summed E-state index contributed by atoms with van der Waals surface area (Å²) < 4.78 is 2.89. The van der Waals surface area contributed by atoms with Crippen LogP contribution in [0.2, 0.25) is 0 Å². The second kappa shape index (κ2) is 5.10. The van der Waals surface area contributed by atoms with Crippen molar-refractivity contribution in [2.75, 3.05) is 5.32 Å². The van der Waals surface area contributed by atoms with Gasteiger partial charge < -0.3 is 4.57 Å². The van der Waals surface area contributed by atoms with E-state index in [0.717, 1.165) is 15.4 Å². The van der Waals surface area contributed by atoms with E-state index < -0.39 is 0 Å². The summed E-state index contributed by atoms with van der Waals surface area (Å²) in [5.41, 5.74) is 2.60. The molecule has 1 aromatic carbocycles. The van der Waals surface area contributed by atoms with Gasteiger partial charge in [-0.3, -0.25) is 10.1 Å². The van der Waals surface area contributed by atoms with Crippen LogP contribution >= 0.6 is 27.3 Å². The van der Waals surface area contributed by atoms with Crippen LogP contribution in [-0.2, 0) is 11.3 Å². The number of fused-ring (bicyclic) bond motifs is 1. The monoisotopic (exact) mass is 336 g/mol. The van der Waals surface area contributed by atoms with Crippen molar-refractivity contribution in [1.82, 2.24) is 14.8 Å². The van der Waals surface area contributed by atoms with Crippen molar-refractivity contribution in [3.05, 3.63) is 40.4 Å². The average Bonchev–Trinajstić information content (AvgIpc) is 3.00. The first-order valence-corrected chi connectivity index (χ1v) is 7.20. The first kappa shape index (κ1) is 12.3. The minimum absolute atomic E-state index is 0.116. The fourth-order valence-corrected chi connectivity index (χ4v) is 2.65. The van der Waals surface area contributed by atoms with E-state index in [2.05, 4.69) is 31.4 Å². The summed E-state index contributed by atoms with van der Waals surface area (Å²) in [5, 5.41) is 11.8. The summed E-state index contributed by atoms with van der Waals surface area (Å²) in [6.45, 7) is 0.250. The molecule has 0 unspecified atom stereocenters. The Kier molecular flexibility index (Phi) is 3.31. The van der Waals surface area contributed by atoms with E-state index in [4.69, 9.17) is 0 Å². The first-order valence-electron chi connectivity index (χ1n) is 5.53. The van der Waals surface area contributed by atoms with Gasteiger partial charge in [-0.2, -0.15) is 0 Å². The molecule has 0 saturated carbocycles. The minimum atomic E-state index is -0.116. The number of nitrogens with one attached hydrogen (secondary N) is 1. The van der Waals surface area contributed by atoms with E-state index in [9.17, 15) is 4.79 Å². The Bertz CT molecular complexity index is 722. The highest BCUT2D eigenvalue weighted by Crippen LogP contribution is 2.21. The third-order valence-corrected chi connectivity index (χ3v) is 3.76. The molecule has 3 rings (SSSR count). The molecule has 0 atom stereocenters. The number of carbonyl (C=O) groups excluding carboxylic acids is 1. The molecule has 0 aliphatic heterocycles. The van der Waals surface area contributed by atoms with Gasteiger partial charge >= 0.3 is 0 Å². The summed E-state index contributed by atoms with van der Waals surface area (Å²) in [5.74, 6) is -0.116. The zero-order valence-electron chi connectivity index (χ0n) is 9.71. The van der Waals surface area contributed by atoms with Gasteiger partial charge in [0.05, 0.1) is 0 Å². The van der Waals surface area contributed by atoms with Crippen molar-refractivity contribution in [3.8, 4) is 0 Å². The molecule has 2 heterocycles. The molecule has 0 radical (unpaired) electrons. The topological polar surface area (TPSA) is 59.8 Å². The maximum atomic E-state index is 11.9. The predicted molar refractivity (Wildman–Crippen MR) is 78.2 cm³/mol. The molecule has 96 valence electrons. The number of nitrogens with zero attached hydrogens (tertiary/aromatic N) is 3. The Morgan fingerprint density at radius 1 is 1.42 bits per heavy atom. The maximum Gasteiger partial charge on any atom is 0.246 e. The standard InChI is InChI=1S/C12H9BrN4OS/c13-9-2-1-8-3-4-17(10(8)5-9)6-11(18)15-12-16-14-7-19-12/h1-5,7H,6H2,(H,15,16,18). The molecule has 1 N–H and O–H groups in total. The van der Waals surface area contributed by atoms with Crippen LogP contribution in [0.25, 0.3) is 10.9 Å². The Balaban J connectivity index is 1.81. The van der Waals surface area contributed by atoms with Gasteiger partial charge in [0, 0.05) is 16.2 Å². The summed E-state index contributed by atoms with van der Waals surface area (Å²) >= 11 is 4.73. The van der Waals surface area contributed by atoms with E-state index >= 15 is 0 Å². The minimum Gasteiger partial charge on any atom is -0.338 e. The number of carbonyl (C=O) groups is 1. The van der Waals surface area contributed by atoms with E-state index in [1.165, 1.54) is 11.3 Å². The Morgan fingerprint density at radius 3 is 3.11 bits per heavy atom. The van der Waals surface area contributed by atoms with Crippen LogP contribution < -0.4 is 5.32 Å². The number of benzene rings is 1. The molecule has 0 spiro atoms. The van der Waals surface area contributed by atoms with Crippen LogP contribution in [0, 0.1) is 0 Å². The van der Waals surface area contributed by atoms with E-state index in [-0.39, 0.29) is 12.5 Å². The molecular formula is C12H9BrN4OS. The van der Waals surface area contributed by atoms with Crippen molar-refractivity contribution in [2.24, 2.45) is 0 Å². The van der Waals surface area contributed by atoms with Crippen molar-refractivity contribution in [2.45, 2.75) is 6.54 Å². The third kappa shape index (κ3) is 2.66. The van der Waals surface area contributed by atoms with Gasteiger partial charge in [0.1, 0.15) is 12.1 Å². The van der Waals surface area contributed by atoms with E-state index in [1.54, 1.807) is 5.51 Å². The molecule has 3 aromatic rings. The van der Waals surface area contributed by atoms with Crippen molar-refractivity contribution in [3.63, 3.8) is 0 Å². The molecule has 0 aliphatic rings. The number of aromatic nitrogens is 3. The Morgan fingerprint density at radius 2 is 2.32 bits per heavy atom. The van der Waals surface area contributed by atoms with Gasteiger partial charge in [0.15, 0.2) is 0 Å². The quantitative estimate of drug-likeness (QED) is 0.799. The van der Waals surface area contributed by atoms with Gasteiger partial charge in [-0.1, -0.05) is 33.3 Å². The van der Waals surface area contributed by atoms with Crippen LogP contribution in [0.5, 0.6) is 0 Å². The SMILES string of the molecule is O=C(Cn1ccc2ccc(Br)cc21)Nc1nncs1. The molecule has 7 heteroatoms. The smallest absolute Gasteiger partial charge is 0.246 e. The van der Waals surface area contributed by atoms with Crippen molar-refractivity contribution in [1.29, 1.82) is 0 Å². The first-order chi connectivity index (χ1) is 9.22. The molecule has 1 amide bonds. The lowest BCUT2D eigenvalue weighted by atomic mass is 10.2. The Labute approximate surface area is 121 Å². The molecule has 0 saturated heterocycles. The van der Waals surface area contributed by atoms with Gasteiger partial charge in [-0.05, 0) is 23.6 Å². The highest BCUT2D eigenvalue weighted by atomic mass is 79.9. The molecule has 2 aromatic heterocycles. The fourth-order valence-electron chi connectivity index (χ4n) is 1.84. The zero-order valence-corrected chi connectivity index (χ0v) is 12.1. The fraction of sp³-hybridized carbons (Fsp3) is 0.0833. The van der Waals surface area contributed by atoms with Gasteiger partial charge in [-0.15, -0.1) is 10.2 Å². The van der Waals surface area contributed by atoms with Crippen LogP contribution in [0.1, 0.15) is 0 Å². The maximum absolute atomic E-state index is 11.9. The molecule has 5 nitrogen and oxygen atoms in total. The van der Waals surface area contributed by atoms with Crippen LogP contribution in [0.4, 0.5) is 5.13 Å². The number of hydrogen-bond donors (Lipinski definition) is 1. The predicted octanol–water partition coefficient (Wildman–Crippen LogP) is 2.89. The lowest BCUT2D eigenvalue weighted by Gasteiger charge is -2.05. The van der Waals surface area contributed by atoms with Crippen LogP contribution in [0.3, 0.4) is 0 Å². The van der Waals surface area contributed by atoms with E-state index in [0.29, 0.717) is 5.13 Å². The number of rotatable bonds is 3. The number of hydrogen-bond acceptors (Lipinski definition) is 4. The molecule has 0 aliphatic carbocycles. The molecular weight excluding hydrogens is 328 g/mol. The molecule has 19 heavy (non-hydrogen) atoms. The largest absolute Gasteiger partial charge is 0.338 e. The summed E-state index contributed by atoms with van der Waals surface area (Å²) in [4.78, 5) is 11.9. The number of halogens is 1. The Hall–Kier alpha value is -1.73. The van der Waals surface area contributed by atoms with Crippen LogP contribution in [0.15, 0.2) is 40.4 Å². The second-order valence-corrected chi connectivity index (χ2v) is 5.69. The summed E-state index contributed by atoms with van der Waals surface area (Å²) in [6.07, 6.45) is 1.90. The lowest BCUT2D eigenvalue weighted by molar-refractivity contribution is -0.116. The zero-order chi connectivity index (χ0) is 13.2. The van der Waals surface area contributed by atoms with Gasteiger partial charge in [-0.25, -0.2) is 0 Å². The normalized spacial score (nSPS) is 10.8. The third-order valence-electron chi connectivity index (χ3n) is 2.66. The molecule has 0 fully saturated rings. The molecule has 0 bridgehead atoms. The average molecular weight is 337 g/mol. The van der Waals surface area contributed by atoms with E-state index in [1.807, 2.05) is 35.0 Å². The second-order valence-electron chi connectivity index (χ2n) is 3.94. The van der Waals surface area contributed by atoms with Gasteiger partial charge in [0.25, 0.3) is 0 Å². The highest BCUT2D eigenvalue weighted by Gasteiger charge is 2.08.